The van der Waals surface area contributed by atoms with E-state index in [4.69, 9.17) is 11.6 Å². The van der Waals surface area contributed by atoms with E-state index < -0.39 is 0 Å². The first-order chi connectivity index (χ1) is 9.53. The summed E-state index contributed by atoms with van der Waals surface area (Å²) in [7, 11) is 0. The van der Waals surface area contributed by atoms with Gasteiger partial charge >= 0.3 is 0 Å². The molecule has 20 heavy (non-hydrogen) atoms. The lowest BCUT2D eigenvalue weighted by Crippen LogP contribution is -2.44. The fraction of sp³-hybridized carbons (Fsp3) is 0.467. The number of nitrogens with one attached hydrogen (secondary N) is 1. The first-order valence-corrected chi connectivity index (χ1v) is 7.12. The molecule has 1 aromatic heterocycles. The van der Waals surface area contributed by atoms with Crippen molar-refractivity contribution < 1.29 is 9.90 Å². The Labute approximate surface area is 123 Å². The standard InChI is InChI=1S/C15H19ClN2O2/c1-15(10-19)8-2-3-12(15)18-14(20)7-5-11-4-6-13(16)17-9-11/h4-7,9,12,19H,2-3,8,10H2,1H3,(H,18,20)/b7-5+. The summed E-state index contributed by atoms with van der Waals surface area (Å²) >= 11 is 5.70. The summed E-state index contributed by atoms with van der Waals surface area (Å²) in [4.78, 5) is 15.9. The van der Waals surface area contributed by atoms with Crippen molar-refractivity contribution in [1.29, 1.82) is 0 Å². The summed E-state index contributed by atoms with van der Waals surface area (Å²) in [5, 5.41) is 12.8. The highest BCUT2D eigenvalue weighted by Gasteiger charge is 2.38. The third-order valence-electron chi connectivity index (χ3n) is 3.94. The van der Waals surface area contributed by atoms with Crippen LogP contribution in [-0.4, -0.2) is 28.6 Å². The maximum absolute atomic E-state index is 11.9. The molecular weight excluding hydrogens is 276 g/mol. The summed E-state index contributed by atoms with van der Waals surface area (Å²) in [6, 6.07) is 3.51. The molecule has 0 spiro atoms. The Morgan fingerprint density at radius 2 is 2.45 bits per heavy atom. The van der Waals surface area contributed by atoms with Crippen LogP contribution >= 0.6 is 11.6 Å². The highest BCUT2D eigenvalue weighted by Crippen LogP contribution is 2.37. The lowest BCUT2D eigenvalue weighted by molar-refractivity contribution is -0.117. The molecule has 5 heteroatoms. The zero-order chi connectivity index (χ0) is 14.6. The van der Waals surface area contributed by atoms with Gasteiger partial charge in [0.1, 0.15) is 5.15 Å². The van der Waals surface area contributed by atoms with Crippen LogP contribution in [0.5, 0.6) is 0 Å². The summed E-state index contributed by atoms with van der Waals surface area (Å²) in [6.45, 7) is 2.11. The summed E-state index contributed by atoms with van der Waals surface area (Å²) in [5.41, 5.74) is 0.617. The van der Waals surface area contributed by atoms with Gasteiger partial charge in [-0.25, -0.2) is 4.98 Å². The van der Waals surface area contributed by atoms with Crippen molar-refractivity contribution in [1.82, 2.24) is 10.3 Å². The van der Waals surface area contributed by atoms with Crippen LogP contribution in [0, 0.1) is 5.41 Å². The minimum Gasteiger partial charge on any atom is -0.396 e. The molecule has 1 aliphatic carbocycles. The SMILES string of the molecule is CC1(CO)CCCC1NC(=O)/C=C/c1ccc(Cl)nc1. The Kier molecular flexibility index (Phi) is 4.78. The third kappa shape index (κ3) is 3.58. The highest BCUT2D eigenvalue weighted by atomic mass is 35.5. The summed E-state index contributed by atoms with van der Waals surface area (Å²) in [5.74, 6) is -0.147. The van der Waals surface area contributed by atoms with Crippen LogP contribution in [0.15, 0.2) is 24.4 Å². The Morgan fingerprint density at radius 3 is 3.10 bits per heavy atom. The third-order valence-corrected chi connectivity index (χ3v) is 4.16. The fourth-order valence-electron chi connectivity index (χ4n) is 2.55. The molecule has 1 amide bonds. The number of carbonyl (C=O) groups is 1. The number of rotatable bonds is 4. The van der Waals surface area contributed by atoms with Crippen LogP contribution in [0.2, 0.25) is 5.15 Å². The van der Waals surface area contributed by atoms with Gasteiger partial charge in [-0.05, 0) is 30.5 Å². The number of hydrogen-bond donors (Lipinski definition) is 2. The van der Waals surface area contributed by atoms with E-state index in [-0.39, 0.29) is 24.0 Å². The predicted molar refractivity (Wildman–Crippen MR) is 79.3 cm³/mol. The number of aliphatic hydroxyl groups excluding tert-OH is 1. The average Bonchev–Trinajstić information content (AvgIpc) is 2.80. The lowest BCUT2D eigenvalue weighted by Gasteiger charge is -2.29. The number of nitrogens with zero attached hydrogens (tertiary/aromatic N) is 1. The topological polar surface area (TPSA) is 62.2 Å². The molecule has 2 rings (SSSR count). The quantitative estimate of drug-likeness (QED) is 0.662. The normalized spacial score (nSPS) is 26.1. The molecule has 1 heterocycles. The Bertz CT molecular complexity index is 501. The van der Waals surface area contributed by atoms with Gasteiger partial charge in [-0.2, -0.15) is 0 Å². The molecule has 1 fully saturated rings. The molecule has 0 aromatic carbocycles. The molecular formula is C15H19ClN2O2. The maximum atomic E-state index is 11.9. The number of amides is 1. The average molecular weight is 295 g/mol. The molecule has 0 aliphatic heterocycles. The Hall–Kier alpha value is -1.39. The van der Waals surface area contributed by atoms with E-state index in [2.05, 4.69) is 10.3 Å². The van der Waals surface area contributed by atoms with Crippen molar-refractivity contribution in [3.8, 4) is 0 Å². The van der Waals surface area contributed by atoms with Gasteiger partial charge in [0.25, 0.3) is 0 Å². The first-order valence-electron chi connectivity index (χ1n) is 6.74. The van der Waals surface area contributed by atoms with Gasteiger partial charge in [-0.3, -0.25) is 4.79 Å². The van der Waals surface area contributed by atoms with Crippen molar-refractivity contribution in [3.05, 3.63) is 35.1 Å². The van der Waals surface area contributed by atoms with Crippen molar-refractivity contribution in [2.45, 2.75) is 32.2 Å². The molecule has 2 N–H and O–H groups in total. The summed E-state index contributed by atoms with van der Waals surface area (Å²) < 4.78 is 0. The highest BCUT2D eigenvalue weighted by molar-refractivity contribution is 6.29. The number of carbonyl (C=O) groups excluding carboxylic acids is 1. The van der Waals surface area contributed by atoms with E-state index in [0.29, 0.717) is 5.15 Å². The van der Waals surface area contributed by atoms with Gasteiger partial charge in [-0.1, -0.05) is 31.0 Å². The van der Waals surface area contributed by atoms with Crippen molar-refractivity contribution >= 4 is 23.6 Å². The molecule has 1 aromatic rings. The minimum absolute atomic E-state index is 0.0352. The van der Waals surface area contributed by atoms with Gasteiger partial charge in [0.05, 0.1) is 6.61 Å². The Balaban J connectivity index is 1.94. The molecule has 1 aliphatic rings. The molecule has 108 valence electrons. The van der Waals surface area contributed by atoms with Crippen LogP contribution in [0.25, 0.3) is 6.08 Å². The molecule has 0 bridgehead atoms. The number of pyridine rings is 1. The van der Waals surface area contributed by atoms with E-state index in [1.165, 1.54) is 6.08 Å². The van der Waals surface area contributed by atoms with Crippen LogP contribution in [0.1, 0.15) is 31.7 Å². The first kappa shape index (κ1) is 15.0. The number of halogens is 1. The zero-order valence-electron chi connectivity index (χ0n) is 11.5. The number of aliphatic hydroxyl groups is 1. The minimum atomic E-state index is -0.203. The number of aromatic nitrogens is 1. The monoisotopic (exact) mass is 294 g/mol. The predicted octanol–water partition coefficient (Wildman–Crippen LogP) is 2.42. The van der Waals surface area contributed by atoms with Crippen molar-refractivity contribution in [2.75, 3.05) is 6.61 Å². The molecule has 2 atom stereocenters. The summed E-state index contributed by atoms with van der Waals surface area (Å²) in [6.07, 6.45) is 7.69. The van der Waals surface area contributed by atoms with E-state index in [9.17, 15) is 9.90 Å². The van der Waals surface area contributed by atoms with Crippen LogP contribution in [0.3, 0.4) is 0 Å². The zero-order valence-corrected chi connectivity index (χ0v) is 12.2. The number of hydrogen-bond acceptors (Lipinski definition) is 3. The molecule has 1 saturated carbocycles. The van der Waals surface area contributed by atoms with Gasteiger partial charge in [0.2, 0.25) is 5.91 Å². The van der Waals surface area contributed by atoms with E-state index in [1.807, 2.05) is 6.92 Å². The molecule has 2 unspecified atom stereocenters. The van der Waals surface area contributed by atoms with E-state index in [1.54, 1.807) is 24.4 Å². The van der Waals surface area contributed by atoms with Crippen LogP contribution < -0.4 is 5.32 Å². The van der Waals surface area contributed by atoms with Gasteiger partial charge < -0.3 is 10.4 Å². The van der Waals surface area contributed by atoms with Crippen LogP contribution in [-0.2, 0) is 4.79 Å². The van der Waals surface area contributed by atoms with Gasteiger partial charge in [-0.15, -0.1) is 0 Å². The van der Waals surface area contributed by atoms with Gasteiger partial charge in [0, 0.05) is 23.7 Å². The van der Waals surface area contributed by atoms with Crippen molar-refractivity contribution in [3.63, 3.8) is 0 Å². The fourth-order valence-corrected chi connectivity index (χ4v) is 2.66. The molecule has 0 saturated heterocycles. The van der Waals surface area contributed by atoms with Crippen LogP contribution in [0.4, 0.5) is 0 Å². The van der Waals surface area contributed by atoms with E-state index >= 15 is 0 Å². The second-order valence-corrected chi connectivity index (χ2v) is 5.90. The molecule has 4 nitrogen and oxygen atoms in total. The van der Waals surface area contributed by atoms with Crippen molar-refractivity contribution in [2.24, 2.45) is 5.41 Å². The smallest absolute Gasteiger partial charge is 0.244 e. The Morgan fingerprint density at radius 1 is 1.65 bits per heavy atom. The second-order valence-electron chi connectivity index (χ2n) is 5.51. The second kappa shape index (κ2) is 6.37. The maximum Gasteiger partial charge on any atom is 0.244 e. The lowest BCUT2D eigenvalue weighted by atomic mass is 9.86. The van der Waals surface area contributed by atoms with Gasteiger partial charge in [0.15, 0.2) is 0 Å². The molecule has 0 radical (unpaired) electrons. The largest absolute Gasteiger partial charge is 0.396 e. The van der Waals surface area contributed by atoms with E-state index in [0.717, 1.165) is 24.8 Å².